The van der Waals surface area contributed by atoms with E-state index < -0.39 is 0 Å². The van der Waals surface area contributed by atoms with Gasteiger partial charge in [0, 0.05) is 10.9 Å². The van der Waals surface area contributed by atoms with Gasteiger partial charge in [0.05, 0.1) is 0 Å². The molecule has 0 heterocycles. The number of rotatable bonds is 6. The van der Waals surface area contributed by atoms with Gasteiger partial charge in [-0.1, -0.05) is 32.4 Å². The molecule has 1 aromatic rings. The predicted octanol–water partition coefficient (Wildman–Crippen LogP) is 4.25. The van der Waals surface area contributed by atoms with Crippen molar-refractivity contribution in [1.82, 2.24) is 5.32 Å². The van der Waals surface area contributed by atoms with E-state index in [0.29, 0.717) is 6.04 Å². The summed E-state index contributed by atoms with van der Waals surface area (Å²) in [7, 11) is 0. The largest absolute Gasteiger partial charge is 0.310 e. The number of thioether (sulfide) groups is 1. The van der Waals surface area contributed by atoms with E-state index in [9.17, 15) is 0 Å². The van der Waals surface area contributed by atoms with Crippen molar-refractivity contribution in [3.63, 3.8) is 0 Å². The Labute approximate surface area is 109 Å². The van der Waals surface area contributed by atoms with Gasteiger partial charge in [0.25, 0.3) is 0 Å². The van der Waals surface area contributed by atoms with Gasteiger partial charge >= 0.3 is 0 Å². The molecule has 17 heavy (non-hydrogen) atoms. The fourth-order valence-electron chi connectivity index (χ4n) is 2.49. The first-order valence-electron chi connectivity index (χ1n) is 6.81. The lowest BCUT2D eigenvalue weighted by Gasteiger charge is -2.34. The molecule has 1 unspecified atom stereocenters. The molecule has 0 spiro atoms. The second kappa shape index (κ2) is 6.46. The third-order valence-corrected chi connectivity index (χ3v) is 4.49. The van der Waals surface area contributed by atoms with E-state index in [4.69, 9.17) is 0 Å². The predicted molar refractivity (Wildman–Crippen MR) is 76.6 cm³/mol. The molecule has 0 aliphatic heterocycles. The van der Waals surface area contributed by atoms with E-state index in [-0.39, 0.29) is 0 Å². The summed E-state index contributed by atoms with van der Waals surface area (Å²) in [6.45, 7) is 5.47. The Morgan fingerprint density at radius 3 is 2.41 bits per heavy atom. The van der Waals surface area contributed by atoms with Crippen molar-refractivity contribution in [3.8, 4) is 0 Å². The molecule has 1 atom stereocenters. The van der Waals surface area contributed by atoms with Crippen molar-refractivity contribution < 1.29 is 0 Å². The summed E-state index contributed by atoms with van der Waals surface area (Å²) in [6, 6.07) is 9.74. The summed E-state index contributed by atoms with van der Waals surface area (Å²) < 4.78 is 0. The summed E-state index contributed by atoms with van der Waals surface area (Å²) in [5.41, 5.74) is 1.47. The fraction of sp³-hybridized carbons (Fsp3) is 0.600. The molecule has 94 valence electrons. The Kier molecular flexibility index (Phi) is 4.93. The third-order valence-electron chi connectivity index (χ3n) is 3.60. The second-order valence-corrected chi connectivity index (χ2v) is 6.07. The molecule has 0 radical (unpaired) electrons. The van der Waals surface area contributed by atoms with Gasteiger partial charge < -0.3 is 5.32 Å². The number of benzene rings is 1. The lowest BCUT2D eigenvalue weighted by molar-refractivity contribution is 0.233. The van der Waals surface area contributed by atoms with E-state index in [1.54, 1.807) is 0 Å². The van der Waals surface area contributed by atoms with Crippen LogP contribution in [0.4, 0.5) is 0 Å². The molecule has 1 N–H and O–H groups in total. The molecular weight excluding hydrogens is 226 g/mol. The van der Waals surface area contributed by atoms with Crippen molar-refractivity contribution in [1.29, 1.82) is 0 Å². The van der Waals surface area contributed by atoms with Crippen molar-refractivity contribution in [3.05, 3.63) is 29.8 Å². The SMILES string of the molecule is CCNC(c1ccc(SCC)cc1)C1CCC1. The molecule has 0 saturated heterocycles. The maximum absolute atomic E-state index is 3.65. The van der Waals surface area contributed by atoms with Crippen LogP contribution in [0.25, 0.3) is 0 Å². The van der Waals surface area contributed by atoms with E-state index in [1.165, 1.54) is 29.7 Å². The lowest BCUT2D eigenvalue weighted by atomic mass is 9.77. The van der Waals surface area contributed by atoms with Crippen LogP contribution in [0.3, 0.4) is 0 Å². The van der Waals surface area contributed by atoms with Gasteiger partial charge in [0.2, 0.25) is 0 Å². The van der Waals surface area contributed by atoms with Gasteiger partial charge in [-0.05, 0) is 48.8 Å². The van der Waals surface area contributed by atoms with E-state index in [1.807, 2.05) is 11.8 Å². The molecule has 0 amide bonds. The zero-order valence-electron chi connectivity index (χ0n) is 10.9. The summed E-state index contributed by atoms with van der Waals surface area (Å²) in [5.74, 6) is 2.01. The first-order chi connectivity index (χ1) is 8.35. The second-order valence-electron chi connectivity index (χ2n) is 4.73. The maximum atomic E-state index is 3.65. The summed E-state index contributed by atoms with van der Waals surface area (Å²) >= 11 is 1.92. The summed E-state index contributed by atoms with van der Waals surface area (Å²) in [6.07, 6.45) is 4.20. The Morgan fingerprint density at radius 2 is 1.94 bits per heavy atom. The number of hydrogen-bond donors (Lipinski definition) is 1. The van der Waals surface area contributed by atoms with E-state index in [2.05, 4.69) is 43.4 Å². The average Bonchev–Trinajstić information content (AvgIpc) is 2.28. The molecule has 1 aliphatic rings. The van der Waals surface area contributed by atoms with E-state index in [0.717, 1.165) is 18.2 Å². The highest BCUT2D eigenvalue weighted by Gasteiger charge is 2.27. The van der Waals surface area contributed by atoms with Crippen molar-refractivity contribution in [2.75, 3.05) is 12.3 Å². The van der Waals surface area contributed by atoms with Crippen LogP contribution < -0.4 is 5.32 Å². The molecule has 1 aromatic carbocycles. The maximum Gasteiger partial charge on any atom is 0.0348 e. The van der Waals surface area contributed by atoms with Crippen LogP contribution in [0.2, 0.25) is 0 Å². The zero-order chi connectivity index (χ0) is 12.1. The Balaban J connectivity index is 2.06. The Morgan fingerprint density at radius 1 is 1.24 bits per heavy atom. The standard InChI is InChI=1S/C15H23NS/c1-3-16-15(12-6-5-7-12)13-8-10-14(11-9-13)17-4-2/h8-12,15-16H,3-7H2,1-2H3. The minimum absolute atomic E-state index is 0.578. The molecule has 1 fully saturated rings. The zero-order valence-corrected chi connectivity index (χ0v) is 11.7. The molecule has 0 bridgehead atoms. The van der Waals surface area contributed by atoms with Crippen molar-refractivity contribution in [2.24, 2.45) is 5.92 Å². The monoisotopic (exact) mass is 249 g/mol. The summed E-state index contributed by atoms with van der Waals surface area (Å²) in [5, 5.41) is 3.65. The van der Waals surface area contributed by atoms with Crippen LogP contribution in [0.1, 0.15) is 44.7 Å². The highest BCUT2D eigenvalue weighted by atomic mass is 32.2. The van der Waals surface area contributed by atoms with Gasteiger partial charge in [-0.2, -0.15) is 0 Å². The van der Waals surface area contributed by atoms with Crippen LogP contribution in [0, 0.1) is 5.92 Å². The Hall–Kier alpha value is -0.470. The summed E-state index contributed by atoms with van der Waals surface area (Å²) in [4.78, 5) is 1.39. The van der Waals surface area contributed by atoms with Crippen LogP contribution in [-0.4, -0.2) is 12.3 Å². The van der Waals surface area contributed by atoms with E-state index >= 15 is 0 Å². The topological polar surface area (TPSA) is 12.0 Å². The minimum Gasteiger partial charge on any atom is -0.310 e. The molecule has 1 saturated carbocycles. The number of hydrogen-bond acceptors (Lipinski definition) is 2. The van der Waals surface area contributed by atoms with Gasteiger partial charge in [0.15, 0.2) is 0 Å². The van der Waals surface area contributed by atoms with Gasteiger partial charge in [-0.25, -0.2) is 0 Å². The number of nitrogens with one attached hydrogen (secondary N) is 1. The normalized spacial score (nSPS) is 17.8. The fourth-order valence-corrected chi connectivity index (χ4v) is 3.15. The average molecular weight is 249 g/mol. The van der Waals surface area contributed by atoms with Crippen LogP contribution in [-0.2, 0) is 0 Å². The van der Waals surface area contributed by atoms with Crippen LogP contribution in [0.5, 0.6) is 0 Å². The first-order valence-corrected chi connectivity index (χ1v) is 7.79. The van der Waals surface area contributed by atoms with Crippen molar-refractivity contribution >= 4 is 11.8 Å². The van der Waals surface area contributed by atoms with Crippen LogP contribution >= 0.6 is 11.8 Å². The lowest BCUT2D eigenvalue weighted by Crippen LogP contribution is -2.32. The van der Waals surface area contributed by atoms with Gasteiger partial charge in [-0.3, -0.25) is 0 Å². The molecule has 2 heteroatoms. The smallest absolute Gasteiger partial charge is 0.0348 e. The minimum atomic E-state index is 0.578. The van der Waals surface area contributed by atoms with Crippen LogP contribution in [0.15, 0.2) is 29.2 Å². The highest BCUT2D eigenvalue weighted by molar-refractivity contribution is 7.99. The molecule has 1 nitrogen and oxygen atoms in total. The molecule has 0 aromatic heterocycles. The van der Waals surface area contributed by atoms with Gasteiger partial charge in [-0.15, -0.1) is 11.8 Å². The van der Waals surface area contributed by atoms with Gasteiger partial charge in [0.1, 0.15) is 0 Å². The first kappa shape index (κ1) is 13.0. The highest BCUT2D eigenvalue weighted by Crippen LogP contribution is 2.38. The quantitative estimate of drug-likeness (QED) is 0.756. The third kappa shape index (κ3) is 3.26. The molecular formula is C15H23NS. The molecule has 2 rings (SSSR count). The van der Waals surface area contributed by atoms with Crippen molar-refractivity contribution in [2.45, 2.75) is 44.0 Å². The molecule has 1 aliphatic carbocycles. The Bertz CT molecular complexity index is 329.